The Bertz CT molecular complexity index is 618. The van der Waals surface area contributed by atoms with Gasteiger partial charge in [0.1, 0.15) is 11.5 Å². The van der Waals surface area contributed by atoms with Gasteiger partial charge in [-0.05, 0) is 58.1 Å². The van der Waals surface area contributed by atoms with Crippen LogP contribution in [0.4, 0.5) is 0 Å². The second-order valence-corrected chi connectivity index (χ2v) is 7.10. The van der Waals surface area contributed by atoms with E-state index in [1.807, 2.05) is 53.7 Å². The Balaban J connectivity index is 3.47. The predicted octanol–water partition coefficient (Wildman–Crippen LogP) is 5.19. The Hall–Kier alpha value is -1.74. The first-order valence-corrected chi connectivity index (χ1v) is 8.70. The lowest BCUT2D eigenvalue weighted by Gasteiger charge is -2.22. The molecule has 0 spiro atoms. The van der Waals surface area contributed by atoms with Crippen molar-refractivity contribution in [1.29, 1.82) is 0 Å². The van der Waals surface area contributed by atoms with Crippen molar-refractivity contribution in [2.24, 2.45) is 5.92 Å². The molecule has 1 rings (SSSR count). The Morgan fingerprint density at radius 1 is 1.00 bits per heavy atom. The summed E-state index contributed by atoms with van der Waals surface area (Å²) in [6, 6.07) is 1.74. The van der Waals surface area contributed by atoms with Gasteiger partial charge in [0, 0.05) is 11.1 Å². The van der Waals surface area contributed by atoms with E-state index in [1.54, 1.807) is 6.07 Å². The lowest BCUT2D eigenvalue weighted by atomic mass is 9.89. The minimum absolute atomic E-state index is 0.0127. The summed E-state index contributed by atoms with van der Waals surface area (Å²) in [5, 5.41) is 31.8. The van der Waals surface area contributed by atoms with Crippen molar-refractivity contribution in [3.05, 3.63) is 46.1 Å². The number of hydrogen-bond donors (Lipinski definition) is 3. The number of allylic oxidation sites excluding steroid dienone is 4. The SMILES string of the molecule is CCC(C)C(O)c1cc(CC=C(C)C)c(O)c(CC=C(C)C)c1O. The second kappa shape index (κ2) is 8.93. The van der Waals surface area contributed by atoms with E-state index >= 15 is 0 Å². The zero-order valence-corrected chi connectivity index (χ0v) is 15.8. The van der Waals surface area contributed by atoms with Gasteiger partial charge in [-0.3, -0.25) is 0 Å². The van der Waals surface area contributed by atoms with E-state index in [2.05, 4.69) is 0 Å². The summed E-state index contributed by atoms with van der Waals surface area (Å²) in [6.07, 6.45) is 5.11. The highest BCUT2D eigenvalue weighted by atomic mass is 16.3. The molecular formula is C21H32O3. The highest BCUT2D eigenvalue weighted by Gasteiger charge is 2.23. The molecule has 2 atom stereocenters. The van der Waals surface area contributed by atoms with Crippen molar-refractivity contribution in [2.45, 2.75) is 66.9 Å². The van der Waals surface area contributed by atoms with Crippen molar-refractivity contribution in [3.8, 4) is 11.5 Å². The number of aromatic hydroxyl groups is 2. The molecular weight excluding hydrogens is 300 g/mol. The van der Waals surface area contributed by atoms with E-state index in [9.17, 15) is 15.3 Å². The van der Waals surface area contributed by atoms with Gasteiger partial charge in [-0.1, -0.05) is 43.6 Å². The lowest BCUT2D eigenvalue weighted by molar-refractivity contribution is 0.112. The number of benzene rings is 1. The largest absolute Gasteiger partial charge is 0.507 e. The Kier molecular flexibility index (Phi) is 7.56. The molecule has 1 aromatic carbocycles. The molecule has 0 fully saturated rings. The van der Waals surface area contributed by atoms with Crippen LogP contribution in [0.1, 0.15) is 70.8 Å². The molecule has 0 aromatic heterocycles. The maximum Gasteiger partial charge on any atom is 0.128 e. The van der Waals surface area contributed by atoms with Crippen LogP contribution in [0.2, 0.25) is 0 Å². The molecule has 0 aliphatic rings. The van der Waals surface area contributed by atoms with E-state index in [1.165, 1.54) is 0 Å². The summed E-state index contributed by atoms with van der Waals surface area (Å²) in [5.41, 5.74) is 4.03. The van der Waals surface area contributed by atoms with Crippen molar-refractivity contribution >= 4 is 0 Å². The maximum atomic E-state index is 10.6. The molecule has 0 saturated carbocycles. The van der Waals surface area contributed by atoms with Crippen LogP contribution in [0.25, 0.3) is 0 Å². The van der Waals surface area contributed by atoms with Gasteiger partial charge in [0.2, 0.25) is 0 Å². The standard InChI is InChI=1S/C21H32O3/c1-7-15(6)19(22)18-12-16(10-8-13(2)3)20(23)17(21(18)24)11-9-14(4)5/h8-9,12,15,19,22-24H,7,10-11H2,1-6H3. The summed E-state index contributed by atoms with van der Waals surface area (Å²) in [7, 11) is 0. The zero-order chi connectivity index (χ0) is 18.4. The van der Waals surface area contributed by atoms with E-state index in [-0.39, 0.29) is 17.4 Å². The molecule has 0 radical (unpaired) electrons. The summed E-state index contributed by atoms with van der Waals surface area (Å²) >= 11 is 0. The quantitative estimate of drug-likeness (QED) is 0.602. The Morgan fingerprint density at radius 2 is 1.54 bits per heavy atom. The van der Waals surface area contributed by atoms with Crippen LogP contribution < -0.4 is 0 Å². The average molecular weight is 332 g/mol. The molecule has 1 aromatic rings. The van der Waals surface area contributed by atoms with Crippen LogP contribution in [0, 0.1) is 5.92 Å². The first-order valence-electron chi connectivity index (χ1n) is 8.70. The molecule has 0 aliphatic carbocycles. The van der Waals surface area contributed by atoms with Gasteiger partial charge in [0.05, 0.1) is 6.10 Å². The van der Waals surface area contributed by atoms with Crippen LogP contribution in [0.5, 0.6) is 11.5 Å². The van der Waals surface area contributed by atoms with Crippen molar-refractivity contribution in [3.63, 3.8) is 0 Å². The van der Waals surface area contributed by atoms with Gasteiger partial charge in [-0.25, -0.2) is 0 Å². The third-order valence-electron chi connectivity index (χ3n) is 4.43. The minimum Gasteiger partial charge on any atom is -0.507 e. The van der Waals surface area contributed by atoms with Crippen molar-refractivity contribution in [2.75, 3.05) is 0 Å². The molecule has 0 heterocycles. The summed E-state index contributed by atoms with van der Waals surface area (Å²) in [5.74, 6) is 0.175. The fraction of sp³-hybridized carbons (Fsp3) is 0.524. The molecule has 2 unspecified atom stereocenters. The molecule has 24 heavy (non-hydrogen) atoms. The smallest absolute Gasteiger partial charge is 0.128 e. The van der Waals surface area contributed by atoms with E-state index < -0.39 is 6.10 Å². The molecule has 0 aliphatic heterocycles. The van der Waals surface area contributed by atoms with Crippen LogP contribution in [0.15, 0.2) is 29.4 Å². The number of aliphatic hydroxyl groups excluding tert-OH is 1. The number of phenolic OH excluding ortho intramolecular Hbond substituents is 2. The van der Waals surface area contributed by atoms with Crippen LogP contribution in [-0.4, -0.2) is 15.3 Å². The molecule has 0 saturated heterocycles. The lowest BCUT2D eigenvalue weighted by Crippen LogP contribution is -2.10. The monoisotopic (exact) mass is 332 g/mol. The zero-order valence-electron chi connectivity index (χ0n) is 15.8. The van der Waals surface area contributed by atoms with Gasteiger partial charge in [-0.15, -0.1) is 0 Å². The fourth-order valence-corrected chi connectivity index (χ4v) is 2.53. The van der Waals surface area contributed by atoms with E-state index in [4.69, 9.17) is 0 Å². The molecule has 134 valence electrons. The topological polar surface area (TPSA) is 60.7 Å². The fourth-order valence-electron chi connectivity index (χ4n) is 2.53. The van der Waals surface area contributed by atoms with E-state index in [0.717, 1.165) is 23.1 Å². The molecule has 3 nitrogen and oxygen atoms in total. The third kappa shape index (κ3) is 5.13. The highest BCUT2D eigenvalue weighted by molar-refractivity contribution is 5.55. The number of phenols is 2. The number of aliphatic hydroxyl groups is 1. The van der Waals surface area contributed by atoms with Crippen LogP contribution in [0.3, 0.4) is 0 Å². The molecule has 0 bridgehead atoms. The van der Waals surface area contributed by atoms with Gasteiger partial charge in [-0.2, -0.15) is 0 Å². The van der Waals surface area contributed by atoms with Crippen molar-refractivity contribution < 1.29 is 15.3 Å². The first-order chi connectivity index (χ1) is 11.2. The second-order valence-electron chi connectivity index (χ2n) is 7.10. The Labute approximate surface area is 146 Å². The summed E-state index contributed by atoms with van der Waals surface area (Å²) < 4.78 is 0. The number of hydrogen-bond acceptors (Lipinski definition) is 3. The first kappa shape index (κ1) is 20.3. The summed E-state index contributed by atoms with van der Waals surface area (Å²) in [6.45, 7) is 12.0. The minimum atomic E-state index is -0.744. The van der Waals surface area contributed by atoms with Gasteiger partial charge >= 0.3 is 0 Å². The molecule has 3 N–H and O–H groups in total. The average Bonchev–Trinajstić information content (AvgIpc) is 2.52. The third-order valence-corrected chi connectivity index (χ3v) is 4.43. The number of rotatable bonds is 7. The van der Waals surface area contributed by atoms with E-state index in [0.29, 0.717) is 24.0 Å². The predicted molar refractivity (Wildman–Crippen MR) is 100 cm³/mol. The van der Waals surface area contributed by atoms with Gasteiger partial charge < -0.3 is 15.3 Å². The Morgan fingerprint density at radius 3 is 2.04 bits per heavy atom. The highest BCUT2D eigenvalue weighted by Crippen LogP contribution is 2.40. The summed E-state index contributed by atoms with van der Waals surface area (Å²) in [4.78, 5) is 0. The normalized spacial score (nSPS) is 13.3. The van der Waals surface area contributed by atoms with Crippen molar-refractivity contribution in [1.82, 2.24) is 0 Å². The van der Waals surface area contributed by atoms with Gasteiger partial charge in [0.15, 0.2) is 0 Å². The van der Waals surface area contributed by atoms with Gasteiger partial charge in [0.25, 0.3) is 0 Å². The molecule has 3 heteroatoms. The molecule has 0 amide bonds. The van der Waals surface area contributed by atoms with Crippen LogP contribution >= 0.6 is 0 Å². The van der Waals surface area contributed by atoms with Crippen LogP contribution in [-0.2, 0) is 12.8 Å². The maximum absolute atomic E-state index is 10.6.